The van der Waals surface area contributed by atoms with Crippen LogP contribution in [0.4, 0.5) is 0 Å². The number of nitrogens with one attached hydrogen (secondary N) is 1. The third kappa shape index (κ3) is 3.83. The highest BCUT2D eigenvalue weighted by atomic mass is 16.5. The van der Waals surface area contributed by atoms with Gasteiger partial charge in [0.1, 0.15) is 29.9 Å². The molecule has 0 bridgehead atoms. The maximum atomic E-state index is 13.1. The Labute approximate surface area is 158 Å². The Balaban J connectivity index is 2.10. The smallest absolute Gasteiger partial charge is 0.200 e. The third-order valence-corrected chi connectivity index (χ3v) is 4.85. The third-order valence-electron chi connectivity index (χ3n) is 4.85. The first-order valence-corrected chi connectivity index (χ1v) is 9.27. The van der Waals surface area contributed by atoms with E-state index in [1.807, 2.05) is 24.3 Å². The van der Waals surface area contributed by atoms with Crippen LogP contribution in [0.3, 0.4) is 0 Å². The lowest BCUT2D eigenvalue weighted by atomic mass is 10.0. The van der Waals surface area contributed by atoms with Crippen molar-refractivity contribution in [3.05, 3.63) is 58.4 Å². The van der Waals surface area contributed by atoms with Crippen molar-refractivity contribution in [1.82, 2.24) is 0 Å². The Morgan fingerprint density at radius 2 is 1.93 bits per heavy atom. The van der Waals surface area contributed by atoms with Crippen molar-refractivity contribution in [2.75, 3.05) is 20.7 Å². The molecule has 0 fully saturated rings. The summed E-state index contributed by atoms with van der Waals surface area (Å²) in [7, 11) is 3.65. The summed E-state index contributed by atoms with van der Waals surface area (Å²) < 4.78 is 11.2. The van der Waals surface area contributed by atoms with Crippen molar-refractivity contribution in [2.45, 2.75) is 26.3 Å². The van der Waals surface area contributed by atoms with E-state index in [1.54, 1.807) is 19.2 Å². The van der Waals surface area contributed by atoms with E-state index in [0.717, 1.165) is 19.4 Å². The van der Waals surface area contributed by atoms with Crippen LogP contribution in [0.5, 0.6) is 11.5 Å². The van der Waals surface area contributed by atoms with Gasteiger partial charge in [-0.25, -0.2) is 0 Å². The highest BCUT2D eigenvalue weighted by molar-refractivity contribution is 5.86. The minimum absolute atomic E-state index is 0.131. The molecule has 1 aromatic heterocycles. The molecule has 0 saturated heterocycles. The van der Waals surface area contributed by atoms with Crippen LogP contribution in [-0.2, 0) is 6.54 Å². The Morgan fingerprint density at radius 3 is 2.67 bits per heavy atom. The van der Waals surface area contributed by atoms with Crippen LogP contribution in [0.1, 0.15) is 25.3 Å². The van der Waals surface area contributed by atoms with Gasteiger partial charge in [-0.1, -0.05) is 31.5 Å². The first kappa shape index (κ1) is 19.0. The molecule has 0 amide bonds. The molecule has 3 aromatic rings. The minimum Gasteiger partial charge on any atom is -0.507 e. The van der Waals surface area contributed by atoms with E-state index in [0.29, 0.717) is 40.0 Å². The standard InChI is InChI=1S/C22H25NO4/c1-4-5-12-23(2)13-17-19(24)11-10-16-21(25)18(14-27-22(16)17)15-8-6-7-9-20(15)26-3/h6-11,14,24H,4-5,12-13H2,1-3H3/p+1. The Morgan fingerprint density at radius 1 is 1.15 bits per heavy atom. The molecule has 1 atom stereocenters. The van der Waals surface area contributed by atoms with Gasteiger partial charge in [0.2, 0.25) is 5.43 Å². The van der Waals surface area contributed by atoms with E-state index in [4.69, 9.17) is 9.15 Å². The summed E-state index contributed by atoms with van der Waals surface area (Å²) in [5, 5.41) is 10.8. The fourth-order valence-corrected chi connectivity index (χ4v) is 3.34. The van der Waals surface area contributed by atoms with Crippen LogP contribution in [-0.4, -0.2) is 25.8 Å². The Bertz CT molecular complexity index is 993. The second-order valence-electron chi connectivity index (χ2n) is 6.86. The zero-order valence-corrected chi connectivity index (χ0v) is 16.0. The first-order valence-electron chi connectivity index (χ1n) is 9.27. The predicted molar refractivity (Wildman–Crippen MR) is 107 cm³/mol. The predicted octanol–water partition coefficient (Wildman–Crippen LogP) is 2.99. The van der Waals surface area contributed by atoms with Gasteiger partial charge >= 0.3 is 0 Å². The molecule has 1 heterocycles. The zero-order valence-electron chi connectivity index (χ0n) is 16.0. The molecule has 0 aliphatic heterocycles. The van der Waals surface area contributed by atoms with E-state index in [2.05, 4.69) is 14.0 Å². The second kappa shape index (κ2) is 8.27. The normalized spacial score (nSPS) is 12.3. The molecule has 3 rings (SSSR count). The molecule has 0 aliphatic rings. The number of benzene rings is 2. The van der Waals surface area contributed by atoms with Crippen LogP contribution in [0, 0.1) is 0 Å². The molecule has 2 N–H and O–H groups in total. The van der Waals surface area contributed by atoms with Crippen LogP contribution >= 0.6 is 0 Å². The number of hydrogen-bond acceptors (Lipinski definition) is 4. The monoisotopic (exact) mass is 368 g/mol. The number of rotatable bonds is 7. The van der Waals surface area contributed by atoms with Crippen molar-refractivity contribution in [1.29, 1.82) is 0 Å². The number of fused-ring (bicyclic) bond motifs is 1. The van der Waals surface area contributed by atoms with Gasteiger partial charge in [0.05, 0.1) is 37.2 Å². The molecule has 0 spiro atoms. The van der Waals surface area contributed by atoms with E-state index in [1.165, 1.54) is 11.2 Å². The van der Waals surface area contributed by atoms with Crippen molar-refractivity contribution >= 4 is 11.0 Å². The lowest BCUT2D eigenvalue weighted by Crippen LogP contribution is -3.07. The number of quaternary nitrogens is 1. The first-order chi connectivity index (χ1) is 13.1. The quantitative estimate of drug-likeness (QED) is 0.673. The number of ether oxygens (including phenoxy) is 1. The van der Waals surface area contributed by atoms with E-state index in [-0.39, 0.29) is 11.2 Å². The largest absolute Gasteiger partial charge is 0.507 e. The van der Waals surface area contributed by atoms with Crippen LogP contribution < -0.4 is 15.1 Å². The molecule has 142 valence electrons. The SMILES string of the molecule is CCCC[NH+](C)Cc1c(O)ccc2c(=O)c(-c3ccccc3OC)coc12. The summed E-state index contributed by atoms with van der Waals surface area (Å²) in [5.41, 5.74) is 2.13. The van der Waals surface area contributed by atoms with Gasteiger partial charge < -0.3 is 19.2 Å². The molecule has 2 aromatic carbocycles. The molecule has 0 radical (unpaired) electrons. The molecule has 0 saturated carbocycles. The lowest BCUT2D eigenvalue weighted by Gasteiger charge is -2.15. The van der Waals surface area contributed by atoms with Gasteiger partial charge in [0, 0.05) is 5.56 Å². The zero-order chi connectivity index (χ0) is 19.4. The number of aromatic hydroxyl groups is 1. The number of methoxy groups -OCH3 is 1. The number of phenols is 1. The van der Waals surface area contributed by atoms with Crippen LogP contribution in [0.25, 0.3) is 22.1 Å². The molecular weight excluding hydrogens is 342 g/mol. The van der Waals surface area contributed by atoms with Crippen molar-refractivity contribution in [2.24, 2.45) is 0 Å². The summed E-state index contributed by atoms with van der Waals surface area (Å²) in [4.78, 5) is 14.4. The van der Waals surface area contributed by atoms with E-state index < -0.39 is 0 Å². The summed E-state index contributed by atoms with van der Waals surface area (Å²) in [6, 6.07) is 10.6. The number of unbranched alkanes of at least 4 members (excludes halogenated alkanes) is 1. The maximum absolute atomic E-state index is 13.1. The van der Waals surface area contributed by atoms with E-state index in [9.17, 15) is 9.90 Å². The van der Waals surface area contributed by atoms with Gasteiger partial charge in [-0.05, 0) is 24.6 Å². The molecule has 5 heteroatoms. The summed E-state index contributed by atoms with van der Waals surface area (Å²) in [5.74, 6) is 0.776. The Hall–Kier alpha value is -2.79. The number of para-hydroxylation sites is 1. The molecular formula is C22H26NO4+. The van der Waals surface area contributed by atoms with Crippen LogP contribution in [0.2, 0.25) is 0 Å². The fourth-order valence-electron chi connectivity index (χ4n) is 3.34. The lowest BCUT2D eigenvalue weighted by molar-refractivity contribution is -0.893. The van der Waals surface area contributed by atoms with Gasteiger partial charge in [-0.3, -0.25) is 4.79 Å². The van der Waals surface area contributed by atoms with Gasteiger partial charge in [0.25, 0.3) is 0 Å². The summed E-state index contributed by atoms with van der Waals surface area (Å²) in [6.07, 6.45) is 3.70. The fraction of sp³-hybridized carbons (Fsp3) is 0.318. The topological polar surface area (TPSA) is 64.1 Å². The van der Waals surface area contributed by atoms with Gasteiger partial charge in [-0.2, -0.15) is 0 Å². The summed E-state index contributed by atoms with van der Waals surface area (Å²) >= 11 is 0. The summed E-state index contributed by atoms with van der Waals surface area (Å²) in [6.45, 7) is 3.75. The van der Waals surface area contributed by atoms with Crippen molar-refractivity contribution in [3.8, 4) is 22.6 Å². The average molecular weight is 368 g/mol. The number of hydrogen-bond donors (Lipinski definition) is 2. The van der Waals surface area contributed by atoms with Crippen LogP contribution in [0.15, 0.2) is 51.9 Å². The molecule has 27 heavy (non-hydrogen) atoms. The van der Waals surface area contributed by atoms with E-state index >= 15 is 0 Å². The molecule has 1 unspecified atom stereocenters. The van der Waals surface area contributed by atoms with Gasteiger partial charge in [0.15, 0.2) is 0 Å². The van der Waals surface area contributed by atoms with Gasteiger partial charge in [-0.15, -0.1) is 0 Å². The number of phenolic OH excluding ortho intramolecular Hbond substituents is 1. The highest BCUT2D eigenvalue weighted by Crippen LogP contribution is 2.31. The molecule has 5 nitrogen and oxygen atoms in total. The average Bonchev–Trinajstić information content (AvgIpc) is 2.69. The highest BCUT2D eigenvalue weighted by Gasteiger charge is 2.19. The van der Waals surface area contributed by atoms with Crippen molar-refractivity contribution < 1.29 is 19.2 Å². The second-order valence-corrected chi connectivity index (χ2v) is 6.86. The van der Waals surface area contributed by atoms with Crippen molar-refractivity contribution in [3.63, 3.8) is 0 Å². The minimum atomic E-state index is -0.131. The Kier molecular flexibility index (Phi) is 5.81. The molecule has 0 aliphatic carbocycles. The maximum Gasteiger partial charge on any atom is 0.200 e.